The van der Waals surface area contributed by atoms with Crippen LogP contribution >= 0.6 is 23.2 Å². The molecule has 0 saturated carbocycles. The van der Waals surface area contributed by atoms with Gasteiger partial charge in [-0.2, -0.15) is 0 Å². The number of hydrogen-bond acceptors (Lipinski definition) is 4. The van der Waals surface area contributed by atoms with E-state index in [1.807, 2.05) is 6.92 Å². The van der Waals surface area contributed by atoms with E-state index in [1.54, 1.807) is 12.1 Å². The number of ether oxygens (including phenoxy) is 2. The van der Waals surface area contributed by atoms with Crippen molar-refractivity contribution in [3.05, 3.63) is 50.4 Å². The molecule has 0 spiro atoms. The van der Waals surface area contributed by atoms with Crippen LogP contribution in [0.5, 0.6) is 5.75 Å². The maximum atomic E-state index is 12.9. The lowest BCUT2D eigenvalue weighted by Gasteiger charge is -2.36. The van der Waals surface area contributed by atoms with Crippen molar-refractivity contribution < 1.29 is 19.1 Å². The Labute approximate surface area is 174 Å². The molecule has 0 bridgehead atoms. The first-order valence-corrected chi connectivity index (χ1v) is 10.6. The molecule has 1 heterocycles. The Kier molecular flexibility index (Phi) is 5.52. The summed E-state index contributed by atoms with van der Waals surface area (Å²) in [5.74, 6) is 1.39. The van der Waals surface area contributed by atoms with Crippen LogP contribution in [0.4, 0.5) is 0 Å². The quantitative estimate of drug-likeness (QED) is 0.607. The topological polar surface area (TPSA) is 52.6 Å². The molecule has 0 radical (unpaired) electrons. The zero-order chi connectivity index (χ0) is 19.8. The summed E-state index contributed by atoms with van der Waals surface area (Å²) < 4.78 is 12.0. The summed E-state index contributed by atoms with van der Waals surface area (Å²) in [5.41, 5.74) is 1.82. The monoisotopic (exact) mass is 420 g/mol. The van der Waals surface area contributed by atoms with E-state index in [0.717, 1.165) is 19.3 Å². The summed E-state index contributed by atoms with van der Waals surface area (Å²) >= 11 is 12.8. The standard InChI is InChI=1S/C22H22Cl2O4/c1-2-9-27-22-13(10-12(23)11-14(22)24)19-20-15(25)5-3-7-17(20)28-18-8-4-6-16(26)21(18)19/h10-11,19H,2-9H2,1H3. The van der Waals surface area contributed by atoms with E-state index in [2.05, 4.69) is 0 Å². The molecule has 0 fully saturated rings. The minimum atomic E-state index is -0.526. The van der Waals surface area contributed by atoms with Crippen LogP contribution in [0.2, 0.25) is 10.0 Å². The van der Waals surface area contributed by atoms with Crippen molar-refractivity contribution >= 4 is 34.8 Å². The lowest BCUT2D eigenvalue weighted by Crippen LogP contribution is -2.30. The van der Waals surface area contributed by atoms with Gasteiger partial charge in [0, 0.05) is 47.4 Å². The average Bonchev–Trinajstić information content (AvgIpc) is 2.66. The molecule has 0 unspecified atom stereocenters. The van der Waals surface area contributed by atoms with Crippen molar-refractivity contribution in [2.45, 2.75) is 57.8 Å². The molecule has 0 saturated heterocycles. The van der Waals surface area contributed by atoms with Crippen LogP contribution in [0.15, 0.2) is 34.8 Å². The minimum Gasteiger partial charge on any atom is -0.492 e. The second-order valence-corrected chi connectivity index (χ2v) is 8.26. The number of benzene rings is 1. The second-order valence-electron chi connectivity index (χ2n) is 7.42. The molecular formula is C22H22Cl2O4. The molecule has 4 rings (SSSR count). The molecule has 1 aromatic carbocycles. The van der Waals surface area contributed by atoms with E-state index in [9.17, 15) is 9.59 Å². The van der Waals surface area contributed by atoms with Gasteiger partial charge in [0.2, 0.25) is 0 Å². The first kappa shape index (κ1) is 19.5. The minimum absolute atomic E-state index is 0.0220. The van der Waals surface area contributed by atoms with Crippen molar-refractivity contribution in [2.24, 2.45) is 0 Å². The fourth-order valence-corrected chi connectivity index (χ4v) is 4.84. The predicted molar refractivity (Wildman–Crippen MR) is 108 cm³/mol. The normalized spacial score (nSPS) is 20.1. The molecule has 2 aliphatic carbocycles. The van der Waals surface area contributed by atoms with Gasteiger partial charge in [-0.05, 0) is 31.4 Å². The number of Topliss-reactive ketones (excluding diaryl/α,β-unsaturated/α-hetero) is 2. The van der Waals surface area contributed by atoms with E-state index in [0.29, 0.717) is 76.3 Å². The molecule has 28 heavy (non-hydrogen) atoms. The van der Waals surface area contributed by atoms with Gasteiger partial charge >= 0.3 is 0 Å². The van der Waals surface area contributed by atoms with Crippen LogP contribution < -0.4 is 4.74 Å². The number of carbonyl (C=O) groups is 2. The molecule has 148 valence electrons. The predicted octanol–water partition coefficient (Wildman–Crippen LogP) is 5.91. The third kappa shape index (κ3) is 3.37. The number of allylic oxidation sites excluding steroid dienone is 4. The number of hydrogen-bond donors (Lipinski definition) is 0. The molecule has 4 nitrogen and oxygen atoms in total. The number of halogens is 2. The lowest BCUT2D eigenvalue weighted by atomic mass is 9.73. The maximum Gasteiger partial charge on any atom is 0.163 e. The van der Waals surface area contributed by atoms with Gasteiger partial charge in [0.1, 0.15) is 17.3 Å². The molecule has 0 N–H and O–H groups in total. The summed E-state index contributed by atoms with van der Waals surface area (Å²) in [6.07, 6.45) is 4.63. The van der Waals surface area contributed by atoms with E-state index in [-0.39, 0.29) is 11.6 Å². The molecule has 0 aromatic heterocycles. The maximum absolute atomic E-state index is 12.9. The molecule has 0 amide bonds. The van der Waals surface area contributed by atoms with E-state index in [4.69, 9.17) is 32.7 Å². The first-order valence-electron chi connectivity index (χ1n) is 9.83. The Bertz CT molecular complexity index is 871. The highest BCUT2D eigenvalue weighted by Crippen LogP contribution is 2.51. The third-order valence-electron chi connectivity index (χ3n) is 5.44. The van der Waals surface area contributed by atoms with E-state index in [1.165, 1.54) is 0 Å². The summed E-state index contributed by atoms with van der Waals surface area (Å²) in [5, 5.41) is 0.837. The Morgan fingerprint density at radius 3 is 2.18 bits per heavy atom. The van der Waals surface area contributed by atoms with Crippen molar-refractivity contribution in [1.29, 1.82) is 0 Å². The number of rotatable bonds is 4. The highest BCUT2D eigenvalue weighted by Gasteiger charge is 2.43. The van der Waals surface area contributed by atoms with Crippen molar-refractivity contribution in [1.82, 2.24) is 0 Å². The van der Waals surface area contributed by atoms with Gasteiger partial charge in [0.05, 0.1) is 17.5 Å². The summed E-state index contributed by atoms with van der Waals surface area (Å²) in [6, 6.07) is 3.40. The largest absolute Gasteiger partial charge is 0.492 e. The van der Waals surface area contributed by atoms with Crippen molar-refractivity contribution in [3.63, 3.8) is 0 Å². The van der Waals surface area contributed by atoms with Crippen LogP contribution in [0.1, 0.15) is 63.4 Å². The second kappa shape index (κ2) is 7.92. The van der Waals surface area contributed by atoms with Crippen molar-refractivity contribution in [2.75, 3.05) is 6.61 Å². The Morgan fingerprint density at radius 1 is 1.00 bits per heavy atom. The van der Waals surface area contributed by atoms with Gasteiger partial charge in [-0.3, -0.25) is 9.59 Å². The van der Waals surface area contributed by atoms with Crippen molar-refractivity contribution in [3.8, 4) is 5.75 Å². The zero-order valence-corrected chi connectivity index (χ0v) is 17.3. The zero-order valence-electron chi connectivity index (χ0n) is 15.8. The smallest absolute Gasteiger partial charge is 0.163 e. The van der Waals surface area contributed by atoms with Gasteiger partial charge in [0.15, 0.2) is 11.6 Å². The Morgan fingerprint density at radius 2 is 1.61 bits per heavy atom. The van der Waals surface area contributed by atoms with E-state index < -0.39 is 5.92 Å². The van der Waals surface area contributed by atoms with Crippen LogP contribution in [-0.2, 0) is 14.3 Å². The van der Waals surface area contributed by atoms with Crippen LogP contribution in [0.25, 0.3) is 0 Å². The summed E-state index contributed by atoms with van der Waals surface area (Å²) in [6.45, 7) is 2.49. The van der Waals surface area contributed by atoms with E-state index >= 15 is 0 Å². The van der Waals surface area contributed by atoms with Crippen LogP contribution in [-0.4, -0.2) is 18.2 Å². The van der Waals surface area contributed by atoms with Gasteiger partial charge in [-0.1, -0.05) is 30.1 Å². The lowest BCUT2D eigenvalue weighted by molar-refractivity contribution is -0.117. The van der Waals surface area contributed by atoms with Gasteiger partial charge in [0.25, 0.3) is 0 Å². The fraction of sp³-hybridized carbons (Fsp3) is 0.455. The first-order chi connectivity index (χ1) is 13.5. The molecule has 3 aliphatic rings. The highest BCUT2D eigenvalue weighted by atomic mass is 35.5. The summed E-state index contributed by atoms with van der Waals surface area (Å²) in [7, 11) is 0. The summed E-state index contributed by atoms with van der Waals surface area (Å²) in [4.78, 5) is 25.8. The van der Waals surface area contributed by atoms with Crippen LogP contribution in [0.3, 0.4) is 0 Å². The molecule has 6 heteroatoms. The van der Waals surface area contributed by atoms with Gasteiger partial charge < -0.3 is 9.47 Å². The van der Waals surface area contributed by atoms with Gasteiger partial charge in [-0.15, -0.1) is 0 Å². The fourth-order valence-electron chi connectivity index (χ4n) is 4.28. The average molecular weight is 421 g/mol. The molecule has 1 aliphatic heterocycles. The highest BCUT2D eigenvalue weighted by molar-refractivity contribution is 6.35. The number of ketones is 2. The molecular weight excluding hydrogens is 399 g/mol. The van der Waals surface area contributed by atoms with Gasteiger partial charge in [-0.25, -0.2) is 0 Å². The molecule has 0 atom stereocenters. The number of carbonyl (C=O) groups excluding carboxylic acids is 2. The SMILES string of the molecule is CCCOc1c(Cl)cc(Cl)cc1C1C2=C(CCCC2=O)OC2=C1C(=O)CCC2. The van der Waals surface area contributed by atoms with Crippen LogP contribution in [0, 0.1) is 0 Å². The Hall–Kier alpha value is -1.78. The Balaban J connectivity index is 1.95. The third-order valence-corrected chi connectivity index (χ3v) is 5.94. The molecule has 1 aromatic rings.